The molecule has 0 saturated carbocycles. The zero-order valence-electron chi connectivity index (χ0n) is 11.8. The molecule has 5 N–H and O–H groups in total. The van der Waals surface area contributed by atoms with E-state index in [1.54, 1.807) is 0 Å². The number of ether oxygens (including phenoxy) is 1. The molecule has 0 spiro atoms. The van der Waals surface area contributed by atoms with Crippen molar-refractivity contribution in [3.8, 4) is 0 Å². The largest absolute Gasteiger partial charge is 0.394 e. The molecule has 0 aromatic carbocycles. The number of hydrogen-bond acceptors (Lipinski definition) is 7. The number of aromatic nitrogens is 2. The Bertz CT molecular complexity index is 621. The van der Waals surface area contributed by atoms with Gasteiger partial charge in [-0.2, -0.15) is 18.2 Å². The molecule has 130 valence electrons. The zero-order chi connectivity index (χ0) is 17.4. The van der Waals surface area contributed by atoms with Crippen molar-refractivity contribution in [2.45, 2.75) is 43.6 Å². The minimum atomic E-state index is -4.41. The van der Waals surface area contributed by atoms with E-state index in [1.165, 1.54) is 0 Å². The van der Waals surface area contributed by atoms with Crippen LogP contribution in [0, 0.1) is 0 Å². The number of anilines is 1. The Labute approximate surface area is 127 Å². The van der Waals surface area contributed by atoms with Gasteiger partial charge in [0.25, 0.3) is 0 Å². The van der Waals surface area contributed by atoms with Gasteiger partial charge in [0.05, 0.1) is 6.61 Å². The molecule has 0 aliphatic carbocycles. The van der Waals surface area contributed by atoms with Crippen LogP contribution in [0.15, 0.2) is 11.0 Å². The lowest BCUT2D eigenvalue weighted by molar-refractivity contribution is -0.134. The Hall–Kier alpha value is -1.69. The van der Waals surface area contributed by atoms with Gasteiger partial charge in [0.2, 0.25) is 0 Å². The van der Waals surface area contributed by atoms with Crippen LogP contribution >= 0.6 is 0 Å². The minimum Gasteiger partial charge on any atom is -0.394 e. The predicted molar refractivity (Wildman–Crippen MR) is 70.3 cm³/mol. The van der Waals surface area contributed by atoms with Crippen molar-refractivity contribution in [2.75, 3.05) is 12.3 Å². The first-order chi connectivity index (χ1) is 10.6. The van der Waals surface area contributed by atoms with Gasteiger partial charge in [-0.3, -0.25) is 4.57 Å². The molecule has 1 aliphatic heterocycles. The SMILES string of the molecule is Nc1nc(=O)n([C@@H]2O[C@H](CO)[C@@H](O)[C@H]2O)cc1CCC(F)(F)F. The fraction of sp³-hybridized carbons (Fsp3) is 0.667. The molecule has 1 aromatic heterocycles. The van der Waals surface area contributed by atoms with Crippen LogP contribution < -0.4 is 11.4 Å². The second-order valence-corrected chi connectivity index (χ2v) is 5.19. The number of hydrogen-bond donors (Lipinski definition) is 4. The lowest BCUT2D eigenvalue weighted by Crippen LogP contribution is -2.36. The first-order valence-corrected chi connectivity index (χ1v) is 6.71. The molecule has 0 bridgehead atoms. The molecule has 2 heterocycles. The Morgan fingerprint density at radius 3 is 2.52 bits per heavy atom. The van der Waals surface area contributed by atoms with E-state index < -0.39 is 55.9 Å². The average molecular weight is 339 g/mol. The van der Waals surface area contributed by atoms with E-state index in [9.17, 15) is 28.2 Å². The molecular weight excluding hydrogens is 323 g/mol. The Kier molecular flexibility index (Phi) is 4.94. The van der Waals surface area contributed by atoms with Gasteiger partial charge in [-0.15, -0.1) is 0 Å². The molecule has 11 heteroatoms. The fourth-order valence-electron chi connectivity index (χ4n) is 2.28. The Morgan fingerprint density at radius 2 is 2.00 bits per heavy atom. The number of alkyl halides is 3. The van der Waals surface area contributed by atoms with Crippen LogP contribution in [0.25, 0.3) is 0 Å². The highest BCUT2D eigenvalue weighted by atomic mass is 19.4. The second-order valence-electron chi connectivity index (χ2n) is 5.19. The van der Waals surface area contributed by atoms with Crippen LogP contribution in [0.1, 0.15) is 18.2 Å². The third-order valence-corrected chi connectivity index (χ3v) is 3.53. The summed E-state index contributed by atoms with van der Waals surface area (Å²) in [4.78, 5) is 15.3. The van der Waals surface area contributed by atoms with Gasteiger partial charge >= 0.3 is 11.9 Å². The lowest BCUT2D eigenvalue weighted by atomic mass is 10.1. The normalized spacial score (nSPS) is 28.3. The van der Waals surface area contributed by atoms with Gasteiger partial charge in [0.1, 0.15) is 24.1 Å². The molecule has 4 atom stereocenters. The van der Waals surface area contributed by atoms with Crippen molar-refractivity contribution >= 4 is 5.82 Å². The van der Waals surface area contributed by atoms with E-state index in [0.717, 1.165) is 10.8 Å². The topological polar surface area (TPSA) is 131 Å². The summed E-state index contributed by atoms with van der Waals surface area (Å²) in [5, 5.41) is 28.6. The number of rotatable bonds is 4. The fourth-order valence-corrected chi connectivity index (χ4v) is 2.28. The van der Waals surface area contributed by atoms with Crippen molar-refractivity contribution in [1.29, 1.82) is 0 Å². The number of aliphatic hydroxyl groups excluding tert-OH is 3. The molecule has 0 radical (unpaired) electrons. The molecule has 2 rings (SSSR count). The molecule has 1 saturated heterocycles. The van der Waals surface area contributed by atoms with E-state index in [4.69, 9.17) is 15.6 Å². The molecular formula is C12H16F3N3O5. The number of nitrogen functional groups attached to an aromatic ring is 1. The van der Waals surface area contributed by atoms with Crippen molar-refractivity contribution in [2.24, 2.45) is 0 Å². The number of nitrogens with zero attached hydrogens (tertiary/aromatic N) is 2. The Balaban J connectivity index is 2.31. The molecule has 1 fully saturated rings. The van der Waals surface area contributed by atoms with Crippen molar-refractivity contribution < 1.29 is 33.2 Å². The lowest BCUT2D eigenvalue weighted by Gasteiger charge is -2.18. The van der Waals surface area contributed by atoms with Gasteiger partial charge < -0.3 is 25.8 Å². The summed E-state index contributed by atoms with van der Waals surface area (Å²) in [6.45, 7) is -0.604. The summed E-state index contributed by atoms with van der Waals surface area (Å²) in [6.07, 6.45) is -10.6. The van der Waals surface area contributed by atoms with Crippen LogP contribution in [0.5, 0.6) is 0 Å². The predicted octanol–water partition coefficient (Wildman–Crippen LogP) is -1.07. The summed E-state index contributed by atoms with van der Waals surface area (Å²) >= 11 is 0. The second kappa shape index (κ2) is 6.43. The molecule has 0 amide bonds. The van der Waals surface area contributed by atoms with Crippen molar-refractivity contribution in [1.82, 2.24) is 9.55 Å². The van der Waals surface area contributed by atoms with E-state index in [2.05, 4.69) is 4.98 Å². The summed E-state index contributed by atoms with van der Waals surface area (Å²) in [6, 6.07) is 0. The van der Waals surface area contributed by atoms with Crippen LogP contribution in [0.4, 0.5) is 19.0 Å². The maximum Gasteiger partial charge on any atom is 0.389 e. The molecule has 1 aromatic rings. The number of halogens is 3. The summed E-state index contributed by atoms with van der Waals surface area (Å²) in [5.74, 6) is -0.345. The minimum absolute atomic E-state index is 0.0420. The maximum atomic E-state index is 12.3. The first kappa shape index (κ1) is 17.7. The van der Waals surface area contributed by atoms with Gasteiger partial charge in [0, 0.05) is 18.2 Å². The summed E-state index contributed by atoms with van der Waals surface area (Å²) in [7, 11) is 0. The van der Waals surface area contributed by atoms with Crippen molar-refractivity contribution in [3.63, 3.8) is 0 Å². The van der Waals surface area contributed by atoms with Crippen LogP contribution in [-0.4, -0.2) is 56.0 Å². The molecule has 0 unspecified atom stereocenters. The standard InChI is InChI=1S/C12H16F3N3O5/c13-12(14,15)2-1-5-3-18(11(22)17-9(5)16)10-8(21)7(20)6(4-19)23-10/h3,6-8,10,19-21H,1-2,4H2,(H2,16,17,22)/t6-,7-,8-,10-/m1/s1. The third-order valence-electron chi connectivity index (χ3n) is 3.53. The average Bonchev–Trinajstić information content (AvgIpc) is 2.73. The van der Waals surface area contributed by atoms with E-state index in [0.29, 0.717) is 0 Å². The molecule has 23 heavy (non-hydrogen) atoms. The van der Waals surface area contributed by atoms with Crippen molar-refractivity contribution in [3.05, 3.63) is 22.2 Å². The van der Waals surface area contributed by atoms with Gasteiger partial charge in [-0.05, 0) is 6.42 Å². The van der Waals surface area contributed by atoms with Gasteiger partial charge in [-0.1, -0.05) is 0 Å². The quantitative estimate of drug-likeness (QED) is 0.549. The zero-order valence-corrected chi connectivity index (χ0v) is 11.8. The third kappa shape index (κ3) is 3.80. The van der Waals surface area contributed by atoms with Crippen LogP contribution in [0.3, 0.4) is 0 Å². The number of aliphatic hydroxyl groups is 3. The smallest absolute Gasteiger partial charge is 0.389 e. The van der Waals surface area contributed by atoms with Crippen LogP contribution in [0.2, 0.25) is 0 Å². The first-order valence-electron chi connectivity index (χ1n) is 6.71. The Morgan fingerprint density at radius 1 is 1.35 bits per heavy atom. The highest BCUT2D eigenvalue weighted by molar-refractivity contribution is 5.37. The molecule has 8 nitrogen and oxygen atoms in total. The summed E-state index contributed by atoms with van der Waals surface area (Å²) in [5.41, 5.74) is 4.46. The monoisotopic (exact) mass is 339 g/mol. The van der Waals surface area contributed by atoms with E-state index in [-0.39, 0.29) is 11.4 Å². The summed E-state index contributed by atoms with van der Waals surface area (Å²) < 4.78 is 42.8. The highest BCUT2D eigenvalue weighted by Gasteiger charge is 2.44. The van der Waals surface area contributed by atoms with E-state index in [1.807, 2.05) is 0 Å². The number of nitrogens with two attached hydrogens (primary N) is 1. The molecule has 1 aliphatic rings. The highest BCUT2D eigenvalue weighted by Crippen LogP contribution is 2.29. The van der Waals surface area contributed by atoms with Gasteiger partial charge in [0.15, 0.2) is 6.23 Å². The van der Waals surface area contributed by atoms with E-state index >= 15 is 0 Å². The van der Waals surface area contributed by atoms with Gasteiger partial charge in [-0.25, -0.2) is 4.79 Å². The van der Waals surface area contributed by atoms with Crippen LogP contribution in [-0.2, 0) is 11.2 Å². The maximum absolute atomic E-state index is 12.3. The number of aryl methyl sites for hydroxylation is 1.